The summed E-state index contributed by atoms with van der Waals surface area (Å²) < 4.78 is 13.2. The molecule has 1 aliphatic heterocycles. The fraction of sp³-hybridized carbons (Fsp3) is 0.321. The van der Waals surface area contributed by atoms with Crippen LogP contribution in [-0.4, -0.2) is 55.8 Å². The number of halogens is 1. The highest BCUT2D eigenvalue weighted by atomic mass is 19.1. The van der Waals surface area contributed by atoms with Crippen LogP contribution in [0.3, 0.4) is 0 Å². The van der Waals surface area contributed by atoms with Crippen LogP contribution in [0.25, 0.3) is 22.3 Å². The molecule has 36 heavy (non-hydrogen) atoms. The predicted octanol–water partition coefficient (Wildman–Crippen LogP) is 4.94. The first kappa shape index (κ1) is 23.9. The minimum absolute atomic E-state index is 0.113. The lowest BCUT2D eigenvalue weighted by Crippen LogP contribution is -2.42. The molecule has 0 saturated carbocycles. The number of benzene rings is 1. The average Bonchev–Trinajstić information content (AvgIpc) is 2.89. The third-order valence-electron chi connectivity index (χ3n) is 6.65. The Morgan fingerprint density at radius 3 is 2.56 bits per heavy atom. The number of aromatic nitrogens is 4. The van der Waals surface area contributed by atoms with Crippen LogP contribution in [0, 0.1) is 5.82 Å². The van der Waals surface area contributed by atoms with Crippen LogP contribution in [0.15, 0.2) is 61.1 Å². The van der Waals surface area contributed by atoms with Gasteiger partial charge in [-0.25, -0.2) is 14.4 Å². The van der Waals surface area contributed by atoms with Gasteiger partial charge in [-0.2, -0.15) is 0 Å². The maximum atomic E-state index is 13.2. The quantitative estimate of drug-likeness (QED) is 0.372. The van der Waals surface area contributed by atoms with Crippen LogP contribution in [0.2, 0.25) is 0 Å². The number of likely N-dealkylation sites (tertiary alicyclic amines) is 1. The highest BCUT2D eigenvalue weighted by molar-refractivity contribution is 5.97. The summed E-state index contributed by atoms with van der Waals surface area (Å²) in [5, 5.41) is 4.41. The molecule has 1 aromatic carbocycles. The van der Waals surface area contributed by atoms with Gasteiger partial charge in [-0.3, -0.25) is 14.8 Å². The topological polar surface area (TPSA) is 83.9 Å². The molecule has 1 saturated heterocycles. The van der Waals surface area contributed by atoms with Crippen molar-refractivity contribution in [2.45, 2.75) is 45.2 Å². The SMILES string of the molecule is CC(C)N1CCC(Nc2cncc(-c3ccc4cnc(CC(=O)c5ccc(F)cc5)cc4n3)n2)CC1. The lowest BCUT2D eigenvalue weighted by atomic mass is 10.0. The Labute approximate surface area is 209 Å². The molecule has 3 aromatic heterocycles. The minimum Gasteiger partial charge on any atom is -0.366 e. The highest BCUT2D eigenvalue weighted by Crippen LogP contribution is 2.22. The molecule has 0 radical (unpaired) electrons. The van der Waals surface area contributed by atoms with Gasteiger partial charge in [0.2, 0.25) is 0 Å². The van der Waals surface area contributed by atoms with E-state index in [0.717, 1.165) is 42.7 Å². The highest BCUT2D eigenvalue weighted by Gasteiger charge is 2.21. The van der Waals surface area contributed by atoms with Gasteiger partial charge in [-0.15, -0.1) is 0 Å². The minimum atomic E-state index is -0.369. The summed E-state index contributed by atoms with van der Waals surface area (Å²) in [5.74, 6) is 0.255. The zero-order valence-electron chi connectivity index (χ0n) is 20.5. The largest absolute Gasteiger partial charge is 0.366 e. The van der Waals surface area contributed by atoms with Crippen LogP contribution in [0.5, 0.6) is 0 Å². The third-order valence-corrected chi connectivity index (χ3v) is 6.65. The zero-order valence-corrected chi connectivity index (χ0v) is 20.5. The monoisotopic (exact) mass is 484 g/mol. The zero-order chi connectivity index (χ0) is 25.1. The summed E-state index contributed by atoms with van der Waals surface area (Å²) in [5.41, 5.74) is 3.17. The van der Waals surface area contributed by atoms with E-state index in [0.29, 0.717) is 34.7 Å². The van der Waals surface area contributed by atoms with E-state index in [2.05, 4.69) is 34.0 Å². The molecule has 0 atom stereocenters. The second kappa shape index (κ2) is 10.5. The van der Waals surface area contributed by atoms with Gasteiger partial charge in [-0.1, -0.05) is 0 Å². The Morgan fingerprint density at radius 1 is 1.03 bits per heavy atom. The number of Topliss-reactive ketones (excluding diaryl/α,β-unsaturated/α-hetero) is 1. The standard InChI is InChI=1S/C28H29FN6O/c1-18(2)35-11-9-22(10-12-35)32-28-17-30-16-26(34-28)24-8-5-20-15-31-23(13-25(20)33-24)14-27(36)19-3-6-21(29)7-4-19/h3-8,13,15-18,22H,9-12,14H2,1-2H3,(H,32,34). The molecular formula is C28H29FN6O. The number of carbonyl (C=O) groups excluding carboxylic acids is 1. The molecule has 0 bridgehead atoms. The molecule has 4 heterocycles. The molecule has 0 aliphatic carbocycles. The molecule has 5 rings (SSSR count). The number of ketones is 1. The first-order valence-electron chi connectivity index (χ1n) is 12.3. The van der Waals surface area contributed by atoms with Crippen molar-refractivity contribution in [1.82, 2.24) is 24.8 Å². The Morgan fingerprint density at radius 2 is 1.81 bits per heavy atom. The van der Waals surface area contributed by atoms with Gasteiger partial charge in [0.05, 0.1) is 35.7 Å². The summed E-state index contributed by atoms with van der Waals surface area (Å²) >= 11 is 0. The average molecular weight is 485 g/mol. The molecule has 1 fully saturated rings. The van der Waals surface area contributed by atoms with Crippen molar-refractivity contribution in [3.05, 3.63) is 78.1 Å². The van der Waals surface area contributed by atoms with Crippen molar-refractivity contribution in [3.63, 3.8) is 0 Å². The second-order valence-electron chi connectivity index (χ2n) is 9.51. The number of anilines is 1. The van der Waals surface area contributed by atoms with E-state index in [1.54, 1.807) is 18.6 Å². The van der Waals surface area contributed by atoms with Crippen LogP contribution in [-0.2, 0) is 6.42 Å². The number of carbonyl (C=O) groups is 1. The fourth-order valence-electron chi connectivity index (χ4n) is 4.53. The molecule has 7 nitrogen and oxygen atoms in total. The van der Waals surface area contributed by atoms with E-state index in [1.165, 1.54) is 24.3 Å². The fourth-order valence-corrected chi connectivity index (χ4v) is 4.53. The predicted molar refractivity (Wildman–Crippen MR) is 138 cm³/mol. The lowest BCUT2D eigenvalue weighted by Gasteiger charge is -2.35. The summed E-state index contributed by atoms with van der Waals surface area (Å²) in [4.78, 5) is 33.4. The van der Waals surface area contributed by atoms with E-state index >= 15 is 0 Å². The van der Waals surface area contributed by atoms with Gasteiger partial charge in [0.1, 0.15) is 17.3 Å². The molecule has 0 amide bonds. The van der Waals surface area contributed by atoms with E-state index < -0.39 is 0 Å². The Hall–Kier alpha value is -3.78. The maximum Gasteiger partial charge on any atom is 0.168 e. The van der Waals surface area contributed by atoms with Crippen LogP contribution in [0.1, 0.15) is 42.7 Å². The van der Waals surface area contributed by atoms with Gasteiger partial charge in [0, 0.05) is 42.3 Å². The van der Waals surface area contributed by atoms with Crippen molar-refractivity contribution >= 4 is 22.5 Å². The molecule has 0 spiro atoms. The number of nitrogens with one attached hydrogen (secondary N) is 1. The van der Waals surface area contributed by atoms with Crippen molar-refractivity contribution < 1.29 is 9.18 Å². The van der Waals surface area contributed by atoms with Crippen molar-refractivity contribution in [3.8, 4) is 11.4 Å². The number of pyridine rings is 2. The molecule has 184 valence electrons. The molecule has 0 unspecified atom stereocenters. The lowest BCUT2D eigenvalue weighted by molar-refractivity contribution is 0.0992. The Bertz CT molecular complexity index is 1370. The van der Waals surface area contributed by atoms with Gasteiger partial charge < -0.3 is 10.2 Å². The van der Waals surface area contributed by atoms with Crippen LogP contribution in [0.4, 0.5) is 10.2 Å². The maximum absolute atomic E-state index is 13.2. The first-order valence-corrected chi connectivity index (χ1v) is 12.3. The summed E-state index contributed by atoms with van der Waals surface area (Å²) in [6, 6.07) is 12.2. The summed E-state index contributed by atoms with van der Waals surface area (Å²) in [7, 11) is 0. The molecule has 8 heteroatoms. The molecule has 1 aliphatic rings. The van der Waals surface area contributed by atoms with Crippen molar-refractivity contribution in [1.29, 1.82) is 0 Å². The number of hydrogen-bond acceptors (Lipinski definition) is 7. The third kappa shape index (κ3) is 5.54. The molecule has 4 aromatic rings. The Balaban J connectivity index is 1.31. The van der Waals surface area contributed by atoms with E-state index in [9.17, 15) is 9.18 Å². The van der Waals surface area contributed by atoms with Gasteiger partial charge in [0.15, 0.2) is 5.78 Å². The molecular weight excluding hydrogens is 455 g/mol. The van der Waals surface area contributed by atoms with E-state index in [4.69, 9.17) is 9.97 Å². The number of hydrogen-bond donors (Lipinski definition) is 1. The second-order valence-corrected chi connectivity index (χ2v) is 9.51. The van der Waals surface area contributed by atoms with Crippen molar-refractivity contribution in [2.24, 2.45) is 0 Å². The van der Waals surface area contributed by atoms with Gasteiger partial charge >= 0.3 is 0 Å². The van der Waals surface area contributed by atoms with Crippen LogP contribution < -0.4 is 5.32 Å². The van der Waals surface area contributed by atoms with Crippen LogP contribution >= 0.6 is 0 Å². The van der Waals surface area contributed by atoms with Gasteiger partial charge in [0.25, 0.3) is 0 Å². The molecule has 1 N–H and O–H groups in total. The first-order chi connectivity index (χ1) is 17.4. The Kier molecular flexibility index (Phi) is 6.95. The van der Waals surface area contributed by atoms with E-state index in [1.807, 2.05) is 18.2 Å². The normalized spacial score (nSPS) is 14.9. The number of piperidine rings is 1. The number of fused-ring (bicyclic) bond motifs is 1. The van der Waals surface area contributed by atoms with Crippen molar-refractivity contribution in [2.75, 3.05) is 18.4 Å². The van der Waals surface area contributed by atoms with E-state index in [-0.39, 0.29) is 18.0 Å². The smallest absolute Gasteiger partial charge is 0.168 e. The summed E-state index contributed by atoms with van der Waals surface area (Å²) in [6.07, 6.45) is 7.44. The summed E-state index contributed by atoms with van der Waals surface area (Å²) in [6.45, 7) is 6.63. The number of rotatable bonds is 7. The number of nitrogens with zero attached hydrogens (tertiary/aromatic N) is 5. The van der Waals surface area contributed by atoms with Gasteiger partial charge in [-0.05, 0) is 69.2 Å².